The van der Waals surface area contributed by atoms with E-state index in [-0.39, 0.29) is 0 Å². The molecule has 0 amide bonds. The Morgan fingerprint density at radius 1 is 1.27 bits per heavy atom. The topological polar surface area (TPSA) is 20.2 Å². The van der Waals surface area contributed by atoms with Crippen molar-refractivity contribution >= 4 is 22.5 Å². The highest BCUT2D eigenvalue weighted by Gasteiger charge is 2.06. The van der Waals surface area contributed by atoms with Crippen LogP contribution in [0, 0.1) is 0 Å². The molecule has 0 bridgehead atoms. The summed E-state index contributed by atoms with van der Waals surface area (Å²) in [5, 5.41) is 12.0. The number of benzene rings is 2. The van der Waals surface area contributed by atoms with E-state index in [2.05, 4.69) is 13.0 Å². The van der Waals surface area contributed by atoms with Crippen LogP contribution in [0.25, 0.3) is 10.8 Å². The number of thioether (sulfide) groups is 1. The third-order valence-corrected chi connectivity index (χ3v) is 3.37. The van der Waals surface area contributed by atoms with Crippen LogP contribution in [0.3, 0.4) is 0 Å². The molecule has 2 heteroatoms. The molecule has 0 heterocycles. The summed E-state index contributed by atoms with van der Waals surface area (Å²) in [6.07, 6.45) is 3.07. The van der Waals surface area contributed by atoms with Crippen molar-refractivity contribution in [1.29, 1.82) is 0 Å². The first kappa shape index (κ1) is 10.4. The lowest BCUT2D eigenvalue weighted by molar-refractivity contribution is 0.475. The van der Waals surface area contributed by atoms with Crippen molar-refractivity contribution in [2.75, 3.05) is 6.26 Å². The third kappa shape index (κ3) is 1.82. The average molecular weight is 218 g/mol. The fourth-order valence-corrected chi connectivity index (χ4v) is 2.60. The lowest BCUT2D eigenvalue weighted by Crippen LogP contribution is -1.86. The molecule has 0 saturated carbocycles. The summed E-state index contributed by atoms with van der Waals surface area (Å²) in [7, 11) is 0. The molecule has 78 valence electrons. The maximum atomic E-state index is 9.59. The summed E-state index contributed by atoms with van der Waals surface area (Å²) in [5.41, 5.74) is 1.34. The van der Waals surface area contributed by atoms with Gasteiger partial charge in [-0.2, -0.15) is 0 Å². The first-order chi connectivity index (χ1) is 7.26. The van der Waals surface area contributed by atoms with Gasteiger partial charge in [-0.05, 0) is 41.1 Å². The van der Waals surface area contributed by atoms with E-state index in [9.17, 15) is 5.11 Å². The molecule has 1 nitrogen and oxygen atoms in total. The van der Waals surface area contributed by atoms with E-state index in [0.717, 1.165) is 16.7 Å². The molecule has 0 aliphatic carbocycles. The second-order valence-electron chi connectivity index (χ2n) is 3.52. The van der Waals surface area contributed by atoms with Crippen molar-refractivity contribution in [2.24, 2.45) is 0 Å². The molecular formula is C13H14OS. The van der Waals surface area contributed by atoms with Gasteiger partial charge in [-0.3, -0.25) is 0 Å². The number of fused-ring (bicyclic) bond motifs is 1. The minimum absolute atomic E-state index is 0.347. The van der Waals surface area contributed by atoms with Crippen LogP contribution in [0.4, 0.5) is 0 Å². The van der Waals surface area contributed by atoms with Crippen LogP contribution < -0.4 is 0 Å². The molecule has 0 fully saturated rings. The van der Waals surface area contributed by atoms with Crippen LogP contribution >= 0.6 is 11.8 Å². The maximum Gasteiger partial charge on any atom is 0.117 e. The number of hydrogen-bond donors (Lipinski definition) is 1. The molecule has 0 aliphatic rings. The Kier molecular flexibility index (Phi) is 2.87. The fourth-order valence-electron chi connectivity index (χ4n) is 1.90. The van der Waals surface area contributed by atoms with Gasteiger partial charge in [-0.25, -0.2) is 0 Å². The number of aromatic hydroxyl groups is 1. The van der Waals surface area contributed by atoms with E-state index in [0.29, 0.717) is 5.75 Å². The van der Waals surface area contributed by atoms with Crippen LogP contribution in [0.1, 0.15) is 12.5 Å². The Morgan fingerprint density at radius 3 is 2.73 bits per heavy atom. The van der Waals surface area contributed by atoms with Crippen molar-refractivity contribution in [3.05, 3.63) is 35.9 Å². The van der Waals surface area contributed by atoms with Gasteiger partial charge in [0.2, 0.25) is 0 Å². The molecule has 0 radical (unpaired) electrons. The monoisotopic (exact) mass is 218 g/mol. The molecule has 15 heavy (non-hydrogen) atoms. The third-order valence-electron chi connectivity index (χ3n) is 2.61. The first-order valence-corrected chi connectivity index (χ1v) is 6.27. The molecular weight excluding hydrogens is 204 g/mol. The molecule has 0 aromatic heterocycles. The number of hydrogen-bond acceptors (Lipinski definition) is 2. The number of phenols is 1. The Morgan fingerprint density at radius 2 is 2.07 bits per heavy atom. The molecule has 0 saturated heterocycles. The molecule has 0 aliphatic heterocycles. The SMILES string of the molecule is CCc1cccc2cc(O)cc(SC)c12. The smallest absolute Gasteiger partial charge is 0.117 e. The van der Waals surface area contributed by atoms with Crippen molar-refractivity contribution in [3.63, 3.8) is 0 Å². The van der Waals surface area contributed by atoms with Crippen molar-refractivity contribution in [3.8, 4) is 5.75 Å². The summed E-state index contributed by atoms with van der Waals surface area (Å²) in [4.78, 5) is 1.16. The van der Waals surface area contributed by atoms with E-state index in [1.165, 1.54) is 10.9 Å². The van der Waals surface area contributed by atoms with Crippen molar-refractivity contribution in [2.45, 2.75) is 18.2 Å². The minimum atomic E-state index is 0.347. The van der Waals surface area contributed by atoms with Gasteiger partial charge in [0.25, 0.3) is 0 Å². The van der Waals surface area contributed by atoms with Crippen molar-refractivity contribution < 1.29 is 5.11 Å². The van der Waals surface area contributed by atoms with Gasteiger partial charge in [0, 0.05) is 4.90 Å². The second-order valence-corrected chi connectivity index (χ2v) is 4.36. The van der Waals surface area contributed by atoms with Crippen LogP contribution in [0.15, 0.2) is 35.2 Å². The van der Waals surface area contributed by atoms with Gasteiger partial charge in [0.1, 0.15) is 5.75 Å². The van der Waals surface area contributed by atoms with Crippen LogP contribution in [-0.2, 0) is 6.42 Å². The Balaban J connectivity index is 2.84. The normalized spacial score (nSPS) is 10.8. The summed E-state index contributed by atoms with van der Waals surface area (Å²) >= 11 is 1.68. The predicted molar refractivity (Wildman–Crippen MR) is 66.8 cm³/mol. The molecule has 1 N–H and O–H groups in total. The Bertz CT molecular complexity index is 491. The van der Waals surface area contributed by atoms with Gasteiger partial charge in [0.15, 0.2) is 0 Å². The van der Waals surface area contributed by atoms with E-state index >= 15 is 0 Å². The molecule has 2 aromatic carbocycles. The molecule has 0 unspecified atom stereocenters. The lowest BCUT2D eigenvalue weighted by atomic mass is 10.0. The zero-order valence-corrected chi connectivity index (χ0v) is 9.77. The zero-order valence-electron chi connectivity index (χ0n) is 8.95. The molecule has 2 aromatic rings. The summed E-state index contributed by atoms with van der Waals surface area (Å²) in [6, 6.07) is 9.91. The maximum absolute atomic E-state index is 9.59. The van der Waals surface area contributed by atoms with Crippen LogP contribution in [0.5, 0.6) is 5.75 Å². The lowest BCUT2D eigenvalue weighted by Gasteiger charge is -2.09. The largest absolute Gasteiger partial charge is 0.508 e. The average Bonchev–Trinajstić information content (AvgIpc) is 2.26. The highest BCUT2D eigenvalue weighted by Crippen LogP contribution is 2.33. The summed E-state index contributed by atoms with van der Waals surface area (Å²) < 4.78 is 0. The van der Waals surface area contributed by atoms with Gasteiger partial charge in [-0.15, -0.1) is 11.8 Å². The summed E-state index contributed by atoms with van der Waals surface area (Å²) in [5.74, 6) is 0.347. The van der Waals surface area contributed by atoms with E-state index in [4.69, 9.17) is 0 Å². The first-order valence-electron chi connectivity index (χ1n) is 5.05. The number of rotatable bonds is 2. The highest BCUT2D eigenvalue weighted by molar-refractivity contribution is 7.98. The van der Waals surface area contributed by atoms with E-state index < -0.39 is 0 Å². The van der Waals surface area contributed by atoms with Gasteiger partial charge >= 0.3 is 0 Å². The van der Waals surface area contributed by atoms with Gasteiger partial charge in [-0.1, -0.05) is 25.1 Å². The predicted octanol–water partition coefficient (Wildman–Crippen LogP) is 3.83. The fraction of sp³-hybridized carbons (Fsp3) is 0.231. The van der Waals surface area contributed by atoms with Crippen LogP contribution in [-0.4, -0.2) is 11.4 Å². The number of phenolic OH excluding ortho intramolecular Hbond substituents is 1. The Hall–Kier alpha value is -1.15. The zero-order chi connectivity index (χ0) is 10.8. The molecule has 2 rings (SSSR count). The van der Waals surface area contributed by atoms with Gasteiger partial charge in [0.05, 0.1) is 0 Å². The quantitative estimate of drug-likeness (QED) is 0.773. The van der Waals surface area contributed by atoms with E-state index in [1.54, 1.807) is 11.8 Å². The number of aryl methyl sites for hydroxylation is 1. The summed E-state index contributed by atoms with van der Waals surface area (Å²) in [6.45, 7) is 2.16. The van der Waals surface area contributed by atoms with Crippen molar-refractivity contribution in [1.82, 2.24) is 0 Å². The van der Waals surface area contributed by atoms with Gasteiger partial charge < -0.3 is 5.11 Å². The Labute approximate surface area is 94.1 Å². The second kappa shape index (κ2) is 4.15. The van der Waals surface area contributed by atoms with Crippen LogP contribution in [0.2, 0.25) is 0 Å². The van der Waals surface area contributed by atoms with E-state index in [1.807, 2.05) is 30.5 Å². The minimum Gasteiger partial charge on any atom is -0.508 e. The molecule has 0 spiro atoms. The highest BCUT2D eigenvalue weighted by atomic mass is 32.2. The standard InChI is InChI=1S/C13H14OS/c1-3-9-5-4-6-10-7-11(14)8-12(15-2)13(9)10/h4-8,14H,3H2,1-2H3. The molecule has 0 atom stereocenters.